The second-order valence-electron chi connectivity index (χ2n) is 4.79. The van der Waals surface area contributed by atoms with Crippen LogP contribution in [-0.4, -0.2) is 29.0 Å². The van der Waals surface area contributed by atoms with Crippen LogP contribution in [-0.2, 0) is 10.0 Å². The molecule has 0 aliphatic carbocycles. The quantitative estimate of drug-likeness (QED) is 0.673. The Hall–Kier alpha value is -2.91. The van der Waals surface area contributed by atoms with Crippen molar-refractivity contribution in [3.05, 3.63) is 48.8 Å². The maximum absolute atomic E-state index is 11.5. The van der Waals surface area contributed by atoms with Crippen molar-refractivity contribution in [2.75, 3.05) is 5.32 Å². The number of primary sulfonamides is 1. The van der Waals surface area contributed by atoms with Gasteiger partial charge in [-0.1, -0.05) is 12.1 Å². The maximum Gasteiger partial charge on any atom is 0.409 e. The number of amides is 1. The highest BCUT2D eigenvalue weighted by molar-refractivity contribution is 7.89. The normalized spacial score (nSPS) is 11.5. The molecule has 0 atom stereocenters. The van der Waals surface area contributed by atoms with Crippen LogP contribution in [0.15, 0.2) is 53.7 Å². The number of nitrogens with zero attached hydrogens (tertiary/aromatic N) is 2. The summed E-state index contributed by atoms with van der Waals surface area (Å²) in [5.74, 6) is 0. The third-order valence-corrected chi connectivity index (χ3v) is 4.13. The zero-order valence-corrected chi connectivity index (χ0v) is 12.5. The van der Waals surface area contributed by atoms with Gasteiger partial charge in [-0.25, -0.2) is 23.3 Å². The number of rotatable bonds is 3. The van der Waals surface area contributed by atoms with E-state index < -0.39 is 16.1 Å². The van der Waals surface area contributed by atoms with Gasteiger partial charge in [-0.3, -0.25) is 9.72 Å². The standard InChI is InChI=1S/C14H12N4O4S/c15-23(21,22)11-3-1-2-9(6-11)12-7-16-13-5-4-10(8-18(12)13)17-14(19)20/h1-8,17H,(H,19,20)(H2,15,21,22). The van der Waals surface area contributed by atoms with Crippen LogP contribution < -0.4 is 10.5 Å². The van der Waals surface area contributed by atoms with Crippen LogP contribution in [0, 0.1) is 0 Å². The Morgan fingerprint density at radius 3 is 2.74 bits per heavy atom. The summed E-state index contributed by atoms with van der Waals surface area (Å²) in [5.41, 5.74) is 2.17. The number of pyridine rings is 1. The predicted molar refractivity (Wildman–Crippen MR) is 83.6 cm³/mol. The van der Waals surface area contributed by atoms with Gasteiger partial charge in [-0.15, -0.1) is 0 Å². The molecule has 2 aromatic heterocycles. The molecule has 0 unspecified atom stereocenters. The Balaban J connectivity index is 2.15. The van der Waals surface area contributed by atoms with Gasteiger partial charge in [-0.2, -0.15) is 0 Å². The number of benzene rings is 1. The van der Waals surface area contributed by atoms with Crippen molar-refractivity contribution in [1.29, 1.82) is 0 Å². The number of hydrogen-bond acceptors (Lipinski definition) is 4. The smallest absolute Gasteiger partial charge is 0.409 e. The predicted octanol–water partition coefficient (Wildman–Crippen LogP) is 1.74. The fourth-order valence-corrected chi connectivity index (χ4v) is 2.78. The van der Waals surface area contributed by atoms with Crippen LogP contribution in [0.25, 0.3) is 16.9 Å². The first-order chi connectivity index (χ1) is 10.8. The Kier molecular flexibility index (Phi) is 3.51. The first kappa shape index (κ1) is 15.0. The average Bonchev–Trinajstić information content (AvgIpc) is 2.89. The van der Waals surface area contributed by atoms with Crippen molar-refractivity contribution in [3.8, 4) is 11.3 Å². The maximum atomic E-state index is 11.5. The van der Waals surface area contributed by atoms with E-state index in [1.807, 2.05) is 0 Å². The molecule has 0 spiro atoms. The molecule has 2 heterocycles. The SMILES string of the molecule is NS(=O)(=O)c1cccc(-c2cnc3ccc(NC(=O)O)cn23)c1. The minimum atomic E-state index is -3.81. The van der Waals surface area contributed by atoms with Gasteiger partial charge in [0.2, 0.25) is 10.0 Å². The van der Waals surface area contributed by atoms with Crippen LogP contribution in [0.3, 0.4) is 0 Å². The molecule has 1 aromatic carbocycles. The zero-order chi connectivity index (χ0) is 16.6. The Morgan fingerprint density at radius 1 is 1.26 bits per heavy atom. The Morgan fingerprint density at radius 2 is 2.04 bits per heavy atom. The number of nitrogens with two attached hydrogens (primary N) is 1. The molecular formula is C14H12N4O4S. The van der Waals surface area contributed by atoms with Crippen LogP contribution in [0.2, 0.25) is 0 Å². The number of aromatic nitrogens is 2. The molecule has 3 rings (SSSR count). The lowest BCUT2D eigenvalue weighted by Crippen LogP contribution is -2.12. The Bertz CT molecular complexity index is 1010. The number of carbonyl (C=O) groups is 1. The van der Waals surface area contributed by atoms with Gasteiger partial charge in [0.25, 0.3) is 0 Å². The average molecular weight is 332 g/mol. The van der Waals surface area contributed by atoms with Gasteiger partial charge in [0.15, 0.2) is 0 Å². The second-order valence-corrected chi connectivity index (χ2v) is 6.35. The molecule has 9 heteroatoms. The van der Waals surface area contributed by atoms with E-state index in [4.69, 9.17) is 10.2 Å². The molecule has 4 N–H and O–H groups in total. The van der Waals surface area contributed by atoms with E-state index in [0.717, 1.165) is 0 Å². The molecule has 0 bridgehead atoms. The first-order valence-electron chi connectivity index (χ1n) is 6.45. The molecule has 0 aliphatic heterocycles. The number of hydrogen-bond donors (Lipinski definition) is 3. The van der Waals surface area contributed by atoms with E-state index in [1.54, 1.807) is 41.1 Å². The number of imidazole rings is 1. The molecule has 118 valence electrons. The zero-order valence-electron chi connectivity index (χ0n) is 11.7. The summed E-state index contributed by atoms with van der Waals surface area (Å²) in [6, 6.07) is 9.37. The molecular weight excluding hydrogens is 320 g/mol. The monoisotopic (exact) mass is 332 g/mol. The summed E-state index contributed by atoms with van der Waals surface area (Å²) in [7, 11) is -3.81. The molecule has 23 heavy (non-hydrogen) atoms. The molecule has 3 aromatic rings. The second kappa shape index (κ2) is 5.38. The highest BCUT2D eigenvalue weighted by atomic mass is 32.2. The fourth-order valence-electron chi connectivity index (χ4n) is 2.22. The van der Waals surface area contributed by atoms with Gasteiger partial charge in [0, 0.05) is 11.8 Å². The lowest BCUT2D eigenvalue weighted by atomic mass is 10.2. The first-order valence-corrected chi connectivity index (χ1v) is 7.99. The van der Waals surface area contributed by atoms with E-state index in [0.29, 0.717) is 22.6 Å². The van der Waals surface area contributed by atoms with Crippen molar-refractivity contribution in [2.24, 2.45) is 5.14 Å². The van der Waals surface area contributed by atoms with Crippen LogP contribution in [0.4, 0.5) is 10.5 Å². The Labute approximate surface area is 131 Å². The van der Waals surface area contributed by atoms with Gasteiger partial charge >= 0.3 is 6.09 Å². The van der Waals surface area contributed by atoms with Crippen molar-refractivity contribution >= 4 is 27.5 Å². The molecule has 0 radical (unpaired) electrons. The summed E-state index contributed by atoms with van der Waals surface area (Å²) in [6.07, 6.45) is 1.96. The topological polar surface area (TPSA) is 127 Å². The van der Waals surface area contributed by atoms with Gasteiger partial charge < -0.3 is 5.11 Å². The number of carboxylic acid groups (broad SMARTS) is 1. The summed E-state index contributed by atoms with van der Waals surface area (Å²) in [4.78, 5) is 14.9. The fraction of sp³-hybridized carbons (Fsp3) is 0. The lowest BCUT2D eigenvalue weighted by Gasteiger charge is -2.06. The summed E-state index contributed by atoms with van der Waals surface area (Å²) < 4.78 is 24.6. The molecule has 0 saturated carbocycles. The number of anilines is 1. The highest BCUT2D eigenvalue weighted by Crippen LogP contribution is 2.24. The number of fused-ring (bicyclic) bond motifs is 1. The van der Waals surface area contributed by atoms with Crippen molar-refractivity contribution < 1.29 is 18.3 Å². The van der Waals surface area contributed by atoms with Gasteiger partial charge in [-0.05, 0) is 24.3 Å². The third kappa shape index (κ3) is 3.00. The van der Waals surface area contributed by atoms with Gasteiger partial charge in [0.1, 0.15) is 5.65 Å². The van der Waals surface area contributed by atoms with Crippen LogP contribution >= 0.6 is 0 Å². The van der Waals surface area contributed by atoms with E-state index in [1.165, 1.54) is 12.1 Å². The molecule has 0 saturated heterocycles. The number of nitrogens with one attached hydrogen (secondary N) is 1. The van der Waals surface area contributed by atoms with E-state index in [-0.39, 0.29) is 4.90 Å². The minimum absolute atomic E-state index is 0.00948. The number of sulfonamides is 1. The molecule has 0 fully saturated rings. The van der Waals surface area contributed by atoms with Crippen LogP contribution in [0.1, 0.15) is 0 Å². The van der Waals surface area contributed by atoms with Crippen LogP contribution in [0.5, 0.6) is 0 Å². The van der Waals surface area contributed by atoms with E-state index in [9.17, 15) is 13.2 Å². The summed E-state index contributed by atoms with van der Waals surface area (Å²) in [5, 5.41) is 16.2. The summed E-state index contributed by atoms with van der Waals surface area (Å²) >= 11 is 0. The van der Waals surface area contributed by atoms with Crippen molar-refractivity contribution in [1.82, 2.24) is 9.38 Å². The van der Waals surface area contributed by atoms with E-state index >= 15 is 0 Å². The molecule has 1 amide bonds. The minimum Gasteiger partial charge on any atom is -0.465 e. The molecule has 8 nitrogen and oxygen atoms in total. The van der Waals surface area contributed by atoms with Crippen molar-refractivity contribution in [2.45, 2.75) is 4.90 Å². The van der Waals surface area contributed by atoms with Crippen molar-refractivity contribution in [3.63, 3.8) is 0 Å². The highest BCUT2D eigenvalue weighted by Gasteiger charge is 2.12. The van der Waals surface area contributed by atoms with Gasteiger partial charge in [0.05, 0.1) is 22.5 Å². The molecule has 0 aliphatic rings. The largest absolute Gasteiger partial charge is 0.465 e. The third-order valence-electron chi connectivity index (χ3n) is 3.22. The summed E-state index contributed by atoms with van der Waals surface area (Å²) in [6.45, 7) is 0. The van der Waals surface area contributed by atoms with E-state index in [2.05, 4.69) is 10.3 Å². The lowest BCUT2D eigenvalue weighted by molar-refractivity contribution is 0.209.